The zero-order valence-electron chi connectivity index (χ0n) is 14.5. The summed E-state index contributed by atoms with van der Waals surface area (Å²) in [6.07, 6.45) is 4.00. The third-order valence-corrected chi connectivity index (χ3v) is 4.30. The highest BCUT2D eigenvalue weighted by Gasteiger charge is 2.28. The molecule has 3 rings (SSSR count). The number of rotatable bonds is 7. The Bertz CT molecular complexity index is 665. The summed E-state index contributed by atoms with van der Waals surface area (Å²) in [4.78, 5) is 16.0. The molecule has 0 radical (unpaired) electrons. The van der Waals surface area contributed by atoms with E-state index in [0.717, 1.165) is 23.4 Å². The molecular weight excluding hydrogens is 326 g/mol. The van der Waals surface area contributed by atoms with Gasteiger partial charge in [-0.25, -0.2) is 4.98 Å². The summed E-state index contributed by atoms with van der Waals surface area (Å²) in [6.45, 7) is 5.73. The van der Waals surface area contributed by atoms with Gasteiger partial charge >= 0.3 is 0 Å². The van der Waals surface area contributed by atoms with Crippen molar-refractivity contribution in [3.63, 3.8) is 0 Å². The van der Waals surface area contributed by atoms with Gasteiger partial charge in [0.15, 0.2) is 0 Å². The van der Waals surface area contributed by atoms with Crippen LogP contribution in [0.3, 0.4) is 0 Å². The Balaban J connectivity index is 1.50. The second-order valence-corrected chi connectivity index (χ2v) is 6.10. The predicted octanol–water partition coefficient (Wildman–Crippen LogP) is 0.764. The number of aryl methyl sites for hydroxylation is 3. The molecule has 0 aromatic carbocycles. The maximum Gasteiger partial charge on any atom is 0.222 e. The largest absolute Gasteiger partial charge is 0.379 e. The Hall–Kier alpha value is -2.26. The van der Waals surface area contributed by atoms with E-state index in [4.69, 9.17) is 14.0 Å². The maximum atomic E-state index is 12.2. The van der Waals surface area contributed by atoms with Gasteiger partial charge in [-0.1, -0.05) is 5.16 Å². The monoisotopic (exact) mass is 349 g/mol. The molecule has 9 heteroatoms. The van der Waals surface area contributed by atoms with Crippen molar-refractivity contribution in [3.05, 3.63) is 29.7 Å². The van der Waals surface area contributed by atoms with E-state index in [9.17, 15) is 4.79 Å². The molecule has 1 aliphatic rings. The predicted molar refractivity (Wildman–Crippen MR) is 86.6 cm³/mol. The highest BCUT2D eigenvalue weighted by Crippen LogP contribution is 2.18. The first kappa shape index (κ1) is 17.6. The van der Waals surface area contributed by atoms with Crippen molar-refractivity contribution in [2.45, 2.75) is 52.0 Å². The van der Waals surface area contributed by atoms with Crippen LogP contribution in [0.4, 0.5) is 0 Å². The normalized spacial score (nSPS) is 20.6. The van der Waals surface area contributed by atoms with E-state index in [1.54, 1.807) is 11.0 Å². The van der Waals surface area contributed by atoms with Gasteiger partial charge in [-0.05, 0) is 20.3 Å². The van der Waals surface area contributed by atoms with Gasteiger partial charge in [0.25, 0.3) is 0 Å². The lowest BCUT2D eigenvalue weighted by atomic mass is 10.1. The molecule has 0 saturated carbocycles. The first-order chi connectivity index (χ1) is 12.1. The fourth-order valence-electron chi connectivity index (χ4n) is 2.79. The van der Waals surface area contributed by atoms with Crippen molar-refractivity contribution in [2.24, 2.45) is 0 Å². The number of carbonyl (C=O) groups excluding carboxylic acids is 1. The van der Waals surface area contributed by atoms with Gasteiger partial charge < -0.3 is 19.3 Å². The van der Waals surface area contributed by atoms with E-state index in [1.807, 2.05) is 13.8 Å². The Kier molecular flexibility index (Phi) is 5.77. The van der Waals surface area contributed by atoms with Crippen LogP contribution in [0.2, 0.25) is 0 Å². The molecule has 0 bridgehead atoms. The number of hydrogen-bond acceptors (Lipinski definition) is 7. The third kappa shape index (κ3) is 4.64. The Labute approximate surface area is 145 Å². The van der Waals surface area contributed by atoms with Crippen LogP contribution in [0.25, 0.3) is 0 Å². The van der Waals surface area contributed by atoms with Gasteiger partial charge in [0.05, 0.1) is 37.6 Å². The number of hydrogen-bond donors (Lipinski definition) is 1. The van der Waals surface area contributed by atoms with Crippen LogP contribution in [-0.4, -0.2) is 51.2 Å². The van der Waals surface area contributed by atoms with E-state index in [-0.39, 0.29) is 18.1 Å². The van der Waals surface area contributed by atoms with Crippen LogP contribution in [-0.2, 0) is 27.4 Å². The minimum Gasteiger partial charge on any atom is -0.379 e. The number of nitrogens with one attached hydrogen (secondary N) is 1. The van der Waals surface area contributed by atoms with Gasteiger partial charge in [-0.3, -0.25) is 9.48 Å². The molecule has 2 aromatic rings. The highest BCUT2D eigenvalue weighted by molar-refractivity contribution is 5.76. The highest BCUT2D eigenvalue weighted by atomic mass is 16.5. The molecule has 0 spiro atoms. The summed E-state index contributed by atoms with van der Waals surface area (Å²) in [5.41, 5.74) is 1.79. The molecule has 1 fully saturated rings. The molecule has 0 unspecified atom stereocenters. The van der Waals surface area contributed by atoms with Crippen LogP contribution < -0.4 is 5.32 Å². The number of carbonyl (C=O) groups is 1. The molecular formula is C16H23N5O4. The Morgan fingerprint density at radius 1 is 1.48 bits per heavy atom. The van der Waals surface area contributed by atoms with Gasteiger partial charge in [0.1, 0.15) is 18.4 Å². The molecule has 0 aliphatic carbocycles. The molecule has 2 aromatic heterocycles. The fraction of sp³-hybridized carbons (Fsp3) is 0.625. The summed E-state index contributed by atoms with van der Waals surface area (Å²) in [5, 5.41) is 10.9. The third-order valence-electron chi connectivity index (χ3n) is 4.30. The smallest absolute Gasteiger partial charge is 0.222 e. The van der Waals surface area contributed by atoms with Crippen molar-refractivity contribution in [2.75, 3.05) is 13.2 Å². The number of amides is 1. The molecule has 1 amide bonds. The second kappa shape index (κ2) is 8.21. The average molecular weight is 349 g/mol. The van der Waals surface area contributed by atoms with Crippen LogP contribution in [0, 0.1) is 13.8 Å². The number of nitrogens with zero attached hydrogens (tertiary/aromatic N) is 4. The van der Waals surface area contributed by atoms with Gasteiger partial charge in [-0.2, -0.15) is 5.10 Å². The van der Waals surface area contributed by atoms with E-state index >= 15 is 0 Å². The van der Waals surface area contributed by atoms with E-state index < -0.39 is 0 Å². The van der Waals surface area contributed by atoms with Crippen LogP contribution in [0.1, 0.15) is 29.9 Å². The lowest BCUT2D eigenvalue weighted by Gasteiger charge is -2.32. The summed E-state index contributed by atoms with van der Waals surface area (Å²) in [7, 11) is 0. The Morgan fingerprint density at radius 3 is 3.08 bits per heavy atom. The van der Waals surface area contributed by atoms with Crippen molar-refractivity contribution in [1.82, 2.24) is 25.2 Å². The van der Waals surface area contributed by atoms with E-state index in [0.29, 0.717) is 32.8 Å². The lowest BCUT2D eigenvalue weighted by Crippen LogP contribution is -2.50. The fourth-order valence-corrected chi connectivity index (χ4v) is 2.79. The standard InChI is InChI=1S/C16H23N5O4/c1-11-13(12(2)25-20-11)7-24-15-4-6-23-8-14(15)19-16(22)3-5-21-10-17-9-18-21/h9-10,14-15H,3-8H2,1-2H3,(H,19,22)/t14-,15+/m0/s1. The zero-order chi connectivity index (χ0) is 17.6. The van der Waals surface area contributed by atoms with Crippen molar-refractivity contribution < 1.29 is 18.8 Å². The van der Waals surface area contributed by atoms with Crippen LogP contribution >= 0.6 is 0 Å². The lowest BCUT2D eigenvalue weighted by molar-refractivity contribution is -0.126. The van der Waals surface area contributed by atoms with E-state index in [2.05, 4.69) is 20.6 Å². The molecule has 1 saturated heterocycles. The topological polar surface area (TPSA) is 104 Å². The molecule has 136 valence electrons. The Morgan fingerprint density at radius 2 is 2.36 bits per heavy atom. The quantitative estimate of drug-likeness (QED) is 0.787. The molecule has 9 nitrogen and oxygen atoms in total. The van der Waals surface area contributed by atoms with Gasteiger partial charge in [0.2, 0.25) is 5.91 Å². The van der Waals surface area contributed by atoms with Crippen LogP contribution in [0.5, 0.6) is 0 Å². The van der Waals surface area contributed by atoms with Crippen molar-refractivity contribution in [1.29, 1.82) is 0 Å². The van der Waals surface area contributed by atoms with E-state index in [1.165, 1.54) is 6.33 Å². The van der Waals surface area contributed by atoms with Gasteiger partial charge in [-0.15, -0.1) is 0 Å². The number of aromatic nitrogens is 4. The second-order valence-electron chi connectivity index (χ2n) is 6.10. The molecule has 1 aliphatic heterocycles. The molecule has 3 heterocycles. The average Bonchev–Trinajstić information content (AvgIpc) is 3.23. The SMILES string of the molecule is Cc1noc(C)c1CO[C@@H]1CCOC[C@@H]1NC(=O)CCn1cncn1. The minimum absolute atomic E-state index is 0.0584. The first-order valence-corrected chi connectivity index (χ1v) is 8.36. The molecule has 2 atom stereocenters. The summed E-state index contributed by atoms with van der Waals surface area (Å²) >= 11 is 0. The van der Waals surface area contributed by atoms with Crippen molar-refractivity contribution in [3.8, 4) is 0 Å². The zero-order valence-corrected chi connectivity index (χ0v) is 14.5. The minimum atomic E-state index is -0.169. The summed E-state index contributed by atoms with van der Waals surface area (Å²) in [6, 6.07) is -0.169. The summed E-state index contributed by atoms with van der Waals surface area (Å²) in [5.74, 6) is 0.704. The number of ether oxygens (including phenoxy) is 2. The molecule has 1 N–H and O–H groups in total. The van der Waals surface area contributed by atoms with Gasteiger partial charge in [0, 0.05) is 18.6 Å². The van der Waals surface area contributed by atoms with Crippen molar-refractivity contribution >= 4 is 5.91 Å². The maximum absolute atomic E-state index is 12.2. The molecule has 25 heavy (non-hydrogen) atoms. The first-order valence-electron chi connectivity index (χ1n) is 8.36. The summed E-state index contributed by atoms with van der Waals surface area (Å²) < 4.78 is 18.3. The van der Waals surface area contributed by atoms with Crippen LogP contribution in [0.15, 0.2) is 17.2 Å².